The maximum Gasteiger partial charge on any atom is 0.410 e. The van der Waals surface area contributed by atoms with Crippen LogP contribution in [0.25, 0.3) is 10.4 Å². The zero-order chi connectivity index (χ0) is 23.3. The second-order valence-electron chi connectivity index (χ2n) is 9.80. The van der Waals surface area contributed by atoms with Gasteiger partial charge in [0, 0.05) is 18.6 Å². The van der Waals surface area contributed by atoms with Crippen LogP contribution in [0.4, 0.5) is 4.79 Å². The molecule has 2 aromatic rings. The van der Waals surface area contributed by atoms with Crippen molar-refractivity contribution in [3.63, 3.8) is 0 Å². The van der Waals surface area contributed by atoms with Gasteiger partial charge in [-0.2, -0.15) is 0 Å². The van der Waals surface area contributed by atoms with E-state index < -0.39 is 29.3 Å². The Labute approximate surface area is 192 Å². The summed E-state index contributed by atoms with van der Waals surface area (Å²) in [5.41, 5.74) is 3.95. The molecule has 1 N–H and O–H groups in total. The lowest BCUT2D eigenvalue weighted by atomic mass is 9.78. The molecule has 0 aliphatic carbocycles. The number of aliphatic hydroxyl groups excluding tert-OH is 1. The van der Waals surface area contributed by atoms with Crippen molar-refractivity contribution >= 4 is 29.0 Å². The summed E-state index contributed by atoms with van der Waals surface area (Å²) >= 11 is 1.59. The van der Waals surface area contributed by atoms with E-state index in [1.807, 2.05) is 43.6 Å². The number of aryl methyl sites for hydroxylation is 1. The molecule has 0 spiro atoms. The highest BCUT2D eigenvalue weighted by Gasteiger charge is 2.48. The second-order valence-corrected chi connectivity index (χ2v) is 10.7. The molecule has 32 heavy (non-hydrogen) atoms. The maximum absolute atomic E-state index is 13.0. The first-order chi connectivity index (χ1) is 15.0. The predicted molar refractivity (Wildman–Crippen MR) is 124 cm³/mol. The SMILES string of the molecule is Cc1ncsc1-c1ccc(C2(C)CC(C3C[C@@H](O)CN3C(=O)OC(C)(C)C)=NC2=O)cc1. The fraction of sp³-hybridized carbons (Fsp3) is 0.500. The molecule has 2 amide bonds. The molecule has 1 fully saturated rings. The van der Waals surface area contributed by atoms with Crippen molar-refractivity contribution < 1.29 is 19.4 Å². The van der Waals surface area contributed by atoms with Gasteiger partial charge in [-0.25, -0.2) is 14.8 Å². The number of carbonyl (C=O) groups is 2. The minimum absolute atomic E-state index is 0.173. The molecule has 2 aliphatic rings. The van der Waals surface area contributed by atoms with Crippen LogP contribution in [0.15, 0.2) is 34.8 Å². The second kappa shape index (κ2) is 8.08. The Hall–Kier alpha value is -2.58. The summed E-state index contributed by atoms with van der Waals surface area (Å²) in [6, 6.07) is 7.53. The third kappa shape index (κ3) is 4.21. The normalized spacial score (nSPS) is 25.9. The predicted octanol–water partition coefficient (Wildman–Crippen LogP) is 4.12. The molecule has 2 unspecified atom stereocenters. The van der Waals surface area contributed by atoms with Gasteiger partial charge in [0.1, 0.15) is 5.60 Å². The Morgan fingerprint density at radius 2 is 1.97 bits per heavy atom. The summed E-state index contributed by atoms with van der Waals surface area (Å²) < 4.78 is 5.51. The van der Waals surface area contributed by atoms with E-state index >= 15 is 0 Å². The standard InChI is InChI=1S/C24H29N3O4S/c1-14-20(32-13-25-14)15-6-8-16(9-7-15)24(5)11-18(26-21(24)29)19-10-17(28)12-27(19)22(30)31-23(2,3)4/h6-9,13,17,19,28H,10-12H2,1-5H3/t17-,19?,24?/m1/s1. The molecule has 0 radical (unpaired) electrons. The summed E-state index contributed by atoms with van der Waals surface area (Å²) in [4.78, 5) is 37.0. The molecule has 8 heteroatoms. The summed E-state index contributed by atoms with van der Waals surface area (Å²) in [5, 5.41) is 10.2. The van der Waals surface area contributed by atoms with Gasteiger partial charge in [-0.05, 0) is 45.7 Å². The summed E-state index contributed by atoms with van der Waals surface area (Å²) in [7, 11) is 0. The number of hydrogen-bond donors (Lipinski definition) is 1. The van der Waals surface area contributed by atoms with Crippen molar-refractivity contribution in [2.45, 2.75) is 70.6 Å². The first-order valence-electron chi connectivity index (χ1n) is 10.8. The Kier molecular flexibility index (Phi) is 5.71. The van der Waals surface area contributed by atoms with Gasteiger partial charge in [-0.15, -0.1) is 11.3 Å². The molecule has 7 nitrogen and oxygen atoms in total. The number of ether oxygens (including phenoxy) is 1. The van der Waals surface area contributed by atoms with Crippen LogP contribution in [0, 0.1) is 6.92 Å². The van der Waals surface area contributed by atoms with E-state index in [4.69, 9.17) is 4.74 Å². The lowest BCUT2D eigenvalue weighted by Crippen LogP contribution is -2.43. The van der Waals surface area contributed by atoms with Crippen LogP contribution >= 0.6 is 11.3 Å². The molecule has 0 saturated carbocycles. The van der Waals surface area contributed by atoms with Crippen molar-refractivity contribution in [3.05, 3.63) is 41.0 Å². The monoisotopic (exact) mass is 455 g/mol. The van der Waals surface area contributed by atoms with Crippen molar-refractivity contribution in [3.8, 4) is 10.4 Å². The fourth-order valence-corrected chi connectivity index (χ4v) is 5.18. The number of β-amino-alcohol motifs (C(OH)–C–C–N with tert-alkyl or cyclic N) is 1. The summed E-state index contributed by atoms with van der Waals surface area (Å²) in [6.07, 6.45) is -0.405. The van der Waals surface area contributed by atoms with E-state index in [2.05, 4.69) is 9.98 Å². The average Bonchev–Trinajstić information content (AvgIpc) is 3.39. The number of amides is 2. The van der Waals surface area contributed by atoms with Crippen molar-refractivity contribution in [1.29, 1.82) is 0 Å². The van der Waals surface area contributed by atoms with Gasteiger partial charge >= 0.3 is 6.09 Å². The Bertz CT molecular complexity index is 1070. The minimum atomic E-state index is -0.802. The molecule has 4 rings (SSSR count). The summed E-state index contributed by atoms with van der Waals surface area (Å²) in [6.45, 7) is 9.45. The highest BCUT2D eigenvalue weighted by atomic mass is 32.1. The number of aromatic nitrogens is 1. The fourth-order valence-electron chi connectivity index (χ4n) is 4.37. The first kappa shape index (κ1) is 22.6. The zero-order valence-electron chi connectivity index (χ0n) is 19.1. The Morgan fingerprint density at radius 3 is 2.56 bits per heavy atom. The van der Waals surface area contributed by atoms with E-state index in [0.29, 0.717) is 18.6 Å². The molecule has 170 valence electrons. The van der Waals surface area contributed by atoms with E-state index in [1.54, 1.807) is 32.1 Å². The number of carbonyl (C=O) groups excluding carboxylic acids is 2. The molecule has 1 aromatic heterocycles. The van der Waals surface area contributed by atoms with Gasteiger partial charge in [0.25, 0.3) is 5.91 Å². The smallest absolute Gasteiger partial charge is 0.410 e. The van der Waals surface area contributed by atoms with Crippen LogP contribution in [-0.4, -0.2) is 57.0 Å². The van der Waals surface area contributed by atoms with Gasteiger partial charge in [-0.1, -0.05) is 24.3 Å². The molecular formula is C24H29N3O4S. The van der Waals surface area contributed by atoms with E-state index in [1.165, 1.54) is 4.90 Å². The number of aliphatic imine (C=N–C) groups is 1. The van der Waals surface area contributed by atoms with Crippen LogP contribution in [0.5, 0.6) is 0 Å². The van der Waals surface area contributed by atoms with Gasteiger partial charge in [0.15, 0.2) is 0 Å². The first-order valence-corrected chi connectivity index (χ1v) is 11.7. The Morgan fingerprint density at radius 1 is 1.28 bits per heavy atom. The molecule has 0 bridgehead atoms. The van der Waals surface area contributed by atoms with Crippen molar-refractivity contribution in [2.24, 2.45) is 4.99 Å². The van der Waals surface area contributed by atoms with Gasteiger partial charge in [0.05, 0.1) is 40.2 Å². The van der Waals surface area contributed by atoms with Crippen LogP contribution in [0.2, 0.25) is 0 Å². The van der Waals surface area contributed by atoms with Crippen molar-refractivity contribution in [1.82, 2.24) is 9.88 Å². The minimum Gasteiger partial charge on any atom is -0.444 e. The number of thiazole rings is 1. The third-order valence-corrected chi connectivity index (χ3v) is 7.05. The van der Waals surface area contributed by atoms with Crippen LogP contribution in [0.1, 0.15) is 51.8 Å². The number of likely N-dealkylation sites (tertiary alicyclic amines) is 1. The molecule has 3 heterocycles. The highest BCUT2D eigenvalue weighted by Crippen LogP contribution is 2.39. The van der Waals surface area contributed by atoms with E-state index in [-0.39, 0.29) is 12.5 Å². The average molecular weight is 456 g/mol. The highest BCUT2D eigenvalue weighted by molar-refractivity contribution is 7.13. The lowest BCUT2D eigenvalue weighted by Gasteiger charge is -2.29. The number of aliphatic hydroxyl groups is 1. The van der Waals surface area contributed by atoms with Gasteiger partial charge < -0.3 is 9.84 Å². The van der Waals surface area contributed by atoms with Crippen LogP contribution in [-0.2, 0) is 14.9 Å². The largest absolute Gasteiger partial charge is 0.444 e. The summed E-state index contributed by atoms with van der Waals surface area (Å²) in [5.74, 6) is -0.222. The van der Waals surface area contributed by atoms with Crippen molar-refractivity contribution in [2.75, 3.05) is 6.54 Å². The molecule has 2 aliphatic heterocycles. The van der Waals surface area contributed by atoms with Gasteiger partial charge in [0.2, 0.25) is 0 Å². The van der Waals surface area contributed by atoms with Gasteiger partial charge in [-0.3, -0.25) is 9.69 Å². The number of hydrogen-bond acceptors (Lipinski definition) is 6. The number of rotatable bonds is 3. The molecular weight excluding hydrogens is 426 g/mol. The van der Waals surface area contributed by atoms with Crippen LogP contribution < -0.4 is 0 Å². The number of benzene rings is 1. The molecule has 1 saturated heterocycles. The molecule has 1 aromatic carbocycles. The molecule has 3 atom stereocenters. The third-order valence-electron chi connectivity index (χ3n) is 6.07. The lowest BCUT2D eigenvalue weighted by molar-refractivity contribution is -0.121. The Balaban J connectivity index is 1.55. The zero-order valence-corrected chi connectivity index (χ0v) is 19.9. The quantitative estimate of drug-likeness (QED) is 0.752. The van der Waals surface area contributed by atoms with E-state index in [9.17, 15) is 14.7 Å². The topological polar surface area (TPSA) is 92.1 Å². The van der Waals surface area contributed by atoms with Crippen LogP contribution in [0.3, 0.4) is 0 Å². The maximum atomic E-state index is 13.0. The van der Waals surface area contributed by atoms with E-state index in [0.717, 1.165) is 21.7 Å². The number of nitrogens with zero attached hydrogens (tertiary/aromatic N) is 3.